The average molecular weight is 290 g/mol. The summed E-state index contributed by atoms with van der Waals surface area (Å²) in [6, 6.07) is 18.0. The minimum atomic E-state index is 0.700. The normalized spacial score (nSPS) is 10.0. The molecule has 0 unspecified atom stereocenters. The summed E-state index contributed by atoms with van der Waals surface area (Å²) in [6.45, 7) is 0.700. The van der Waals surface area contributed by atoms with Crippen molar-refractivity contribution in [3.05, 3.63) is 70.5 Å². The maximum absolute atomic E-state index is 5.41. The summed E-state index contributed by atoms with van der Waals surface area (Å²) in [5.41, 5.74) is 4.06. The molecule has 0 bridgehead atoms. The molecule has 1 N–H and O–H groups in total. The Morgan fingerprint density at radius 3 is 2.76 bits per heavy atom. The predicted octanol–water partition coefficient (Wildman–Crippen LogP) is 4.40. The first-order valence-corrected chi connectivity index (χ1v) is 7.53. The van der Waals surface area contributed by atoms with E-state index < -0.39 is 0 Å². The van der Waals surface area contributed by atoms with Gasteiger partial charge < -0.3 is 5.32 Å². The van der Waals surface area contributed by atoms with Gasteiger partial charge in [0.25, 0.3) is 0 Å². The van der Waals surface area contributed by atoms with Crippen LogP contribution in [0.2, 0.25) is 0 Å². The lowest BCUT2D eigenvalue weighted by Crippen LogP contribution is -1.99. The van der Waals surface area contributed by atoms with E-state index in [1.807, 2.05) is 42.5 Å². The van der Waals surface area contributed by atoms with Crippen LogP contribution in [-0.4, -0.2) is 4.98 Å². The highest BCUT2D eigenvalue weighted by molar-refractivity contribution is 7.09. The third-order valence-corrected chi connectivity index (χ3v) is 3.94. The topological polar surface area (TPSA) is 24.9 Å². The Bertz CT molecular complexity index is 769. The van der Waals surface area contributed by atoms with Crippen LogP contribution in [0.25, 0.3) is 11.3 Å². The Morgan fingerprint density at radius 1 is 1.10 bits per heavy atom. The van der Waals surface area contributed by atoms with Crippen molar-refractivity contribution in [1.82, 2.24) is 4.98 Å². The van der Waals surface area contributed by atoms with Crippen molar-refractivity contribution in [2.45, 2.75) is 6.54 Å². The van der Waals surface area contributed by atoms with Gasteiger partial charge in [-0.05, 0) is 18.2 Å². The van der Waals surface area contributed by atoms with Gasteiger partial charge in [-0.1, -0.05) is 42.3 Å². The molecule has 0 aliphatic heterocycles. The van der Waals surface area contributed by atoms with Gasteiger partial charge in [0.05, 0.1) is 12.2 Å². The average Bonchev–Trinajstić information content (AvgIpc) is 3.03. The number of aromatic nitrogens is 1. The summed E-state index contributed by atoms with van der Waals surface area (Å²) in [7, 11) is 0. The highest BCUT2D eigenvalue weighted by atomic mass is 32.1. The summed E-state index contributed by atoms with van der Waals surface area (Å²) in [6.07, 6.45) is 5.41. The molecule has 21 heavy (non-hydrogen) atoms. The van der Waals surface area contributed by atoms with Crippen LogP contribution >= 0.6 is 11.3 Å². The first-order chi connectivity index (χ1) is 10.3. The first kappa shape index (κ1) is 13.4. The fraction of sp³-hybridized carbons (Fsp3) is 0.0556. The van der Waals surface area contributed by atoms with Crippen molar-refractivity contribution in [1.29, 1.82) is 0 Å². The van der Waals surface area contributed by atoms with Gasteiger partial charge in [0.1, 0.15) is 5.01 Å². The molecule has 2 aromatic carbocycles. The molecule has 0 fully saturated rings. The number of hydrogen-bond donors (Lipinski definition) is 1. The summed E-state index contributed by atoms with van der Waals surface area (Å²) in [4.78, 5) is 4.65. The molecule has 102 valence electrons. The first-order valence-electron chi connectivity index (χ1n) is 6.65. The quantitative estimate of drug-likeness (QED) is 0.720. The molecule has 0 aliphatic rings. The number of anilines is 1. The zero-order valence-corrected chi connectivity index (χ0v) is 12.2. The maximum atomic E-state index is 5.41. The fourth-order valence-electron chi connectivity index (χ4n) is 2.03. The number of hydrogen-bond acceptors (Lipinski definition) is 3. The minimum Gasteiger partial charge on any atom is -0.378 e. The summed E-state index contributed by atoms with van der Waals surface area (Å²) in [5.74, 6) is 2.64. The molecule has 1 heterocycles. The van der Waals surface area contributed by atoms with E-state index in [0.29, 0.717) is 6.54 Å². The number of nitrogens with zero attached hydrogens (tertiary/aromatic N) is 1. The van der Waals surface area contributed by atoms with Gasteiger partial charge >= 0.3 is 0 Å². The van der Waals surface area contributed by atoms with Gasteiger partial charge in [0, 0.05) is 22.2 Å². The molecule has 3 rings (SSSR count). The molecule has 0 atom stereocenters. The third kappa shape index (κ3) is 3.31. The van der Waals surface area contributed by atoms with Gasteiger partial charge in [0.15, 0.2) is 0 Å². The lowest BCUT2D eigenvalue weighted by molar-refractivity contribution is 1.11. The van der Waals surface area contributed by atoms with Crippen LogP contribution in [0.3, 0.4) is 0 Å². The Balaban J connectivity index is 1.69. The van der Waals surface area contributed by atoms with Crippen LogP contribution < -0.4 is 5.32 Å². The highest BCUT2D eigenvalue weighted by Crippen LogP contribution is 2.22. The highest BCUT2D eigenvalue weighted by Gasteiger charge is 2.04. The predicted molar refractivity (Wildman–Crippen MR) is 89.3 cm³/mol. The monoisotopic (exact) mass is 290 g/mol. The molecule has 0 aliphatic carbocycles. The Labute approximate surface area is 128 Å². The van der Waals surface area contributed by atoms with Crippen molar-refractivity contribution in [2.75, 3.05) is 5.32 Å². The molecule has 0 saturated heterocycles. The van der Waals surface area contributed by atoms with E-state index >= 15 is 0 Å². The van der Waals surface area contributed by atoms with E-state index in [0.717, 1.165) is 27.5 Å². The summed E-state index contributed by atoms with van der Waals surface area (Å²) < 4.78 is 0. The van der Waals surface area contributed by atoms with Gasteiger partial charge in [-0.15, -0.1) is 17.8 Å². The Morgan fingerprint density at radius 2 is 1.95 bits per heavy atom. The molecular weight excluding hydrogens is 276 g/mol. The van der Waals surface area contributed by atoms with Crippen LogP contribution in [0, 0.1) is 12.3 Å². The molecule has 1 aromatic heterocycles. The van der Waals surface area contributed by atoms with E-state index in [9.17, 15) is 0 Å². The van der Waals surface area contributed by atoms with Crippen molar-refractivity contribution in [2.24, 2.45) is 0 Å². The lowest BCUT2D eigenvalue weighted by atomic mass is 10.2. The molecule has 3 aromatic rings. The van der Waals surface area contributed by atoms with E-state index in [1.165, 1.54) is 0 Å². The third-order valence-electron chi connectivity index (χ3n) is 3.09. The number of nitrogens with one attached hydrogen (secondary N) is 1. The van der Waals surface area contributed by atoms with Crippen molar-refractivity contribution in [3.63, 3.8) is 0 Å². The molecule has 0 spiro atoms. The molecule has 2 nitrogen and oxygen atoms in total. The molecule has 0 amide bonds. The Kier molecular flexibility index (Phi) is 3.99. The minimum absolute atomic E-state index is 0.700. The van der Waals surface area contributed by atoms with Crippen LogP contribution in [0.5, 0.6) is 0 Å². The van der Waals surface area contributed by atoms with Crippen molar-refractivity contribution in [3.8, 4) is 23.6 Å². The number of thiazole rings is 1. The van der Waals surface area contributed by atoms with E-state index in [-0.39, 0.29) is 0 Å². The van der Waals surface area contributed by atoms with Crippen LogP contribution in [0.1, 0.15) is 10.6 Å². The second kappa shape index (κ2) is 6.25. The second-order valence-electron chi connectivity index (χ2n) is 4.57. The molecular formula is C18H14N2S. The van der Waals surface area contributed by atoms with Gasteiger partial charge in [-0.25, -0.2) is 4.98 Å². The lowest BCUT2D eigenvalue weighted by Gasteiger charge is -2.04. The largest absolute Gasteiger partial charge is 0.378 e. The maximum Gasteiger partial charge on any atom is 0.112 e. The van der Waals surface area contributed by atoms with Gasteiger partial charge in [-0.2, -0.15) is 0 Å². The van der Waals surface area contributed by atoms with Crippen LogP contribution in [0.15, 0.2) is 60.0 Å². The van der Waals surface area contributed by atoms with Crippen LogP contribution in [-0.2, 0) is 6.54 Å². The fourth-order valence-corrected chi connectivity index (χ4v) is 2.77. The smallest absolute Gasteiger partial charge is 0.112 e. The number of benzene rings is 2. The van der Waals surface area contributed by atoms with Crippen LogP contribution in [0.4, 0.5) is 5.69 Å². The second-order valence-corrected chi connectivity index (χ2v) is 5.51. The molecule has 3 heteroatoms. The number of terminal acetylenes is 1. The van der Waals surface area contributed by atoms with Gasteiger partial charge in [0.2, 0.25) is 0 Å². The van der Waals surface area contributed by atoms with E-state index in [4.69, 9.17) is 6.42 Å². The summed E-state index contributed by atoms with van der Waals surface area (Å²) >= 11 is 1.66. The van der Waals surface area contributed by atoms with Crippen molar-refractivity contribution < 1.29 is 0 Å². The summed E-state index contributed by atoms with van der Waals surface area (Å²) in [5, 5.41) is 6.50. The number of rotatable bonds is 4. The SMILES string of the molecule is C#Cc1cccc(NCc2nc(-c3ccccc3)cs2)c1. The zero-order valence-electron chi connectivity index (χ0n) is 11.4. The van der Waals surface area contributed by atoms with Gasteiger partial charge in [-0.3, -0.25) is 0 Å². The Hall–Kier alpha value is -2.57. The molecule has 0 saturated carbocycles. The standard InChI is InChI=1S/C18H14N2S/c1-2-14-7-6-10-16(11-14)19-12-18-20-17(13-21-18)15-8-4-3-5-9-15/h1,3-11,13,19H,12H2. The van der Waals surface area contributed by atoms with E-state index in [2.05, 4.69) is 33.7 Å². The zero-order chi connectivity index (χ0) is 14.5. The van der Waals surface area contributed by atoms with Crippen molar-refractivity contribution >= 4 is 17.0 Å². The van der Waals surface area contributed by atoms with E-state index in [1.54, 1.807) is 11.3 Å². The molecule has 0 radical (unpaired) electrons.